The zero-order chi connectivity index (χ0) is 18.4. The first-order chi connectivity index (χ1) is 12.6. The van der Waals surface area contributed by atoms with E-state index >= 15 is 0 Å². The molecule has 0 bridgehead atoms. The Morgan fingerprint density at radius 1 is 1.27 bits per heavy atom. The molecule has 0 aliphatic heterocycles. The van der Waals surface area contributed by atoms with Crippen LogP contribution in [0.5, 0.6) is 0 Å². The Bertz CT molecular complexity index is 712. The number of thioether (sulfide) groups is 1. The smallest absolute Gasteiger partial charge is 0.237 e. The summed E-state index contributed by atoms with van der Waals surface area (Å²) < 4.78 is 1.54. The highest BCUT2D eigenvalue weighted by Crippen LogP contribution is 2.28. The van der Waals surface area contributed by atoms with Crippen molar-refractivity contribution in [2.24, 2.45) is 5.92 Å². The summed E-state index contributed by atoms with van der Waals surface area (Å²) in [6.45, 7) is 1.85. The number of amides is 1. The van der Waals surface area contributed by atoms with Gasteiger partial charge in [-0.3, -0.25) is 4.79 Å². The van der Waals surface area contributed by atoms with Crippen molar-refractivity contribution in [3.05, 3.63) is 36.2 Å². The predicted octanol–water partition coefficient (Wildman–Crippen LogP) is 3.62. The number of para-hydroxylation sites is 1. The molecule has 1 amide bonds. The maximum Gasteiger partial charge on any atom is 0.237 e. The molecule has 3 rings (SSSR count). The van der Waals surface area contributed by atoms with Crippen molar-refractivity contribution in [1.29, 1.82) is 0 Å². The Labute approximate surface area is 158 Å². The molecule has 1 aromatic carbocycles. The monoisotopic (exact) mass is 373 g/mol. The van der Waals surface area contributed by atoms with Crippen molar-refractivity contribution in [2.45, 2.75) is 62.3 Å². The number of aryl methyl sites for hydroxylation is 1. The van der Waals surface area contributed by atoms with Gasteiger partial charge in [0.25, 0.3) is 0 Å². The number of rotatable bonds is 7. The third kappa shape index (κ3) is 5.00. The number of aromatic nitrogens is 3. The summed E-state index contributed by atoms with van der Waals surface area (Å²) in [6, 6.07) is 9.43. The van der Waals surface area contributed by atoms with Crippen LogP contribution in [0.4, 0.5) is 5.69 Å². The highest BCUT2D eigenvalue weighted by molar-refractivity contribution is 8.00. The molecule has 26 heavy (non-hydrogen) atoms. The molecule has 1 heterocycles. The van der Waals surface area contributed by atoms with E-state index in [1.54, 1.807) is 4.68 Å². The normalized spacial score (nSPS) is 16.3. The Balaban J connectivity index is 1.52. The minimum Gasteiger partial charge on any atom is -0.336 e. The van der Waals surface area contributed by atoms with Crippen molar-refractivity contribution in [3.8, 4) is 0 Å². The third-order valence-corrected chi connectivity index (χ3v) is 5.99. The van der Waals surface area contributed by atoms with Crippen molar-refractivity contribution >= 4 is 23.4 Å². The van der Waals surface area contributed by atoms with Crippen LogP contribution in [0.25, 0.3) is 0 Å². The second-order valence-electron chi connectivity index (χ2n) is 6.93. The Hall–Kier alpha value is -2.02. The van der Waals surface area contributed by atoms with E-state index in [1.807, 2.05) is 37.3 Å². The van der Waals surface area contributed by atoms with Crippen LogP contribution >= 0.6 is 11.8 Å². The molecule has 1 fully saturated rings. The fourth-order valence-electron chi connectivity index (χ4n) is 3.34. The molecule has 1 atom stereocenters. The van der Waals surface area contributed by atoms with Gasteiger partial charge in [0, 0.05) is 12.1 Å². The van der Waals surface area contributed by atoms with Gasteiger partial charge >= 0.3 is 0 Å². The van der Waals surface area contributed by atoms with Crippen LogP contribution < -0.4 is 11.2 Å². The minimum absolute atomic E-state index is 0.0760. The van der Waals surface area contributed by atoms with Crippen LogP contribution in [0, 0.1) is 5.92 Å². The van der Waals surface area contributed by atoms with E-state index in [-0.39, 0.29) is 11.2 Å². The van der Waals surface area contributed by atoms with E-state index in [0.717, 1.165) is 30.3 Å². The second-order valence-corrected chi connectivity index (χ2v) is 8.23. The summed E-state index contributed by atoms with van der Waals surface area (Å²) in [7, 11) is 0. The molecule has 1 aliphatic carbocycles. The second kappa shape index (κ2) is 9.07. The highest BCUT2D eigenvalue weighted by atomic mass is 32.2. The first kappa shape index (κ1) is 18.8. The number of carbonyl (C=O) groups excluding carboxylic acids is 1. The largest absolute Gasteiger partial charge is 0.336 e. The summed E-state index contributed by atoms with van der Waals surface area (Å²) in [5.41, 5.74) is 0.785. The molecule has 140 valence electrons. The van der Waals surface area contributed by atoms with E-state index in [1.165, 1.54) is 43.9 Å². The van der Waals surface area contributed by atoms with Gasteiger partial charge in [0.05, 0.1) is 5.25 Å². The molecule has 1 aromatic heterocycles. The van der Waals surface area contributed by atoms with Crippen LogP contribution in [0.3, 0.4) is 0 Å². The topological polar surface area (TPSA) is 85.8 Å². The van der Waals surface area contributed by atoms with Gasteiger partial charge in [-0.15, -0.1) is 10.2 Å². The van der Waals surface area contributed by atoms with Crippen LogP contribution in [0.1, 0.15) is 51.3 Å². The first-order valence-electron chi connectivity index (χ1n) is 9.35. The lowest BCUT2D eigenvalue weighted by Gasteiger charge is -2.20. The zero-order valence-corrected chi connectivity index (χ0v) is 16.0. The number of nitrogen functional groups attached to an aromatic ring is 1. The molecule has 0 spiro atoms. The lowest BCUT2D eigenvalue weighted by atomic mass is 9.86. The highest BCUT2D eigenvalue weighted by Gasteiger charge is 2.20. The summed E-state index contributed by atoms with van der Waals surface area (Å²) >= 11 is 1.33. The maximum atomic E-state index is 12.3. The van der Waals surface area contributed by atoms with Crippen molar-refractivity contribution in [1.82, 2.24) is 14.9 Å². The predicted molar refractivity (Wildman–Crippen MR) is 105 cm³/mol. The molecule has 7 heteroatoms. The zero-order valence-electron chi connectivity index (χ0n) is 15.2. The number of hydrogen-bond donors (Lipinski definition) is 2. The Morgan fingerprint density at radius 2 is 2.00 bits per heavy atom. The van der Waals surface area contributed by atoms with E-state index in [2.05, 4.69) is 15.5 Å². The van der Waals surface area contributed by atoms with Crippen molar-refractivity contribution in [2.75, 3.05) is 11.2 Å². The van der Waals surface area contributed by atoms with Gasteiger partial charge in [-0.05, 0) is 31.4 Å². The van der Waals surface area contributed by atoms with Gasteiger partial charge in [0.15, 0.2) is 5.82 Å². The fraction of sp³-hybridized carbons (Fsp3) is 0.526. The molecule has 0 radical (unpaired) electrons. The number of carbonyl (C=O) groups is 1. The fourth-order valence-corrected chi connectivity index (χ4v) is 4.13. The molecular formula is C19H27N5OS. The van der Waals surface area contributed by atoms with E-state index in [0.29, 0.717) is 5.16 Å². The summed E-state index contributed by atoms with van der Waals surface area (Å²) in [5.74, 6) is 7.67. The van der Waals surface area contributed by atoms with E-state index in [9.17, 15) is 4.79 Å². The average Bonchev–Trinajstić information content (AvgIpc) is 3.01. The molecule has 0 unspecified atom stereocenters. The number of anilines is 1. The number of hydrogen-bond acceptors (Lipinski definition) is 5. The van der Waals surface area contributed by atoms with Crippen LogP contribution in [0.2, 0.25) is 0 Å². The lowest BCUT2D eigenvalue weighted by Crippen LogP contribution is -2.24. The van der Waals surface area contributed by atoms with Gasteiger partial charge in [-0.1, -0.05) is 62.1 Å². The SMILES string of the molecule is C[C@@H](Sc1nnc(CCC2CCCCC2)n1N)C(=O)Nc1ccccc1. The number of nitrogens with two attached hydrogens (primary N) is 1. The molecule has 1 aliphatic rings. The molecule has 2 aromatic rings. The summed E-state index contributed by atoms with van der Waals surface area (Å²) in [6.07, 6.45) is 8.65. The molecular weight excluding hydrogens is 346 g/mol. The summed E-state index contributed by atoms with van der Waals surface area (Å²) in [5, 5.41) is 11.6. The Morgan fingerprint density at radius 3 is 2.73 bits per heavy atom. The number of nitrogens with zero attached hydrogens (tertiary/aromatic N) is 3. The summed E-state index contributed by atoms with van der Waals surface area (Å²) in [4.78, 5) is 12.3. The van der Waals surface area contributed by atoms with Gasteiger partial charge in [-0.25, -0.2) is 4.68 Å². The average molecular weight is 374 g/mol. The lowest BCUT2D eigenvalue weighted by molar-refractivity contribution is -0.115. The first-order valence-corrected chi connectivity index (χ1v) is 10.2. The van der Waals surface area contributed by atoms with Crippen LogP contribution in [-0.4, -0.2) is 26.0 Å². The maximum absolute atomic E-state index is 12.3. The molecule has 6 nitrogen and oxygen atoms in total. The quantitative estimate of drug-likeness (QED) is 0.572. The van der Waals surface area contributed by atoms with E-state index < -0.39 is 0 Å². The van der Waals surface area contributed by atoms with Crippen LogP contribution in [-0.2, 0) is 11.2 Å². The number of benzene rings is 1. The van der Waals surface area contributed by atoms with Gasteiger partial charge in [-0.2, -0.15) is 0 Å². The van der Waals surface area contributed by atoms with Crippen molar-refractivity contribution < 1.29 is 4.79 Å². The van der Waals surface area contributed by atoms with Crippen molar-refractivity contribution in [3.63, 3.8) is 0 Å². The molecule has 0 saturated heterocycles. The third-order valence-electron chi connectivity index (χ3n) is 4.93. The molecule has 1 saturated carbocycles. The number of nitrogens with one attached hydrogen (secondary N) is 1. The molecule has 3 N–H and O–H groups in total. The Kier molecular flexibility index (Phi) is 6.55. The van der Waals surface area contributed by atoms with Gasteiger partial charge in [0.2, 0.25) is 11.1 Å². The minimum atomic E-state index is -0.312. The van der Waals surface area contributed by atoms with Gasteiger partial charge in [0.1, 0.15) is 0 Å². The standard InChI is InChI=1S/C19H27N5OS/c1-14(18(25)21-16-10-6-3-7-11-16)26-19-23-22-17(24(19)20)13-12-15-8-4-2-5-9-15/h3,6-7,10-11,14-15H,2,4-5,8-9,12-13,20H2,1H3,(H,21,25)/t14-/m1/s1. The van der Waals surface area contributed by atoms with Gasteiger partial charge < -0.3 is 11.2 Å². The van der Waals surface area contributed by atoms with E-state index in [4.69, 9.17) is 5.84 Å². The van der Waals surface area contributed by atoms with Crippen LogP contribution in [0.15, 0.2) is 35.5 Å².